The Labute approximate surface area is 123 Å². The lowest BCUT2D eigenvalue weighted by atomic mass is 10.2. The van der Waals surface area contributed by atoms with E-state index in [2.05, 4.69) is 15.5 Å². The number of rotatable bonds is 4. The number of thioether (sulfide) groups is 1. The zero-order valence-corrected chi connectivity index (χ0v) is 11.6. The first kappa shape index (κ1) is 14.5. The zero-order chi connectivity index (χ0) is 14.5. The maximum Gasteiger partial charge on any atom is 0.239 e. The molecule has 1 atom stereocenters. The molecule has 6 nitrogen and oxygen atoms in total. The molecule has 0 radical (unpaired) electrons. The molecule has 1 aromatic carbocycles. The molecule has 0 aliphatic carbocycles. The number of nitrogens with one attached hydrogen (secondary N) is 1. The lowest BCUT2D eigenvalue weighted by molar-refractivity contribution is -0.305. The number of carbonyl (C=O) groups excluding carboxylic acids is 2. The quantitative estimate of drug-likeness (QED) is 0.643. The lowest BCUT2D eigenvalue weighted by Gasteiger charge is -2.04. The highest BCUT2D eigenvalue weighted by atomic mass is 35.5. The summed E-state index contributed by atoms with van der Waals surface area (Å²) < 4.78 is 0. The van der Waals surface area contributed by atoms with Crippen molar-refractivity contribution in [2.24, 2.45) is 10.2 Å². The number of halogens is 1. The molecule has 0 saturated carbocycles. The van der Waals surface area contributed by atoms with Gasteiger partial charge in [-0.05, 0) is 6.07 Å². The number of aliphatic carboxylic acids is 1. The predicted molar refractivity (Wildman–Crippen MR) is 75.6 cm³/mol. The molecule has 1 fully saturated rings. The average molecular weight is 311 g/mol. The van der Waals surface area contributed by atoms with E-state index in [-0.39, 0.29) is 11.6 Å². The number of carbonyl (C=O) groups is 2. The van der Waals surface area contributed by atoms with Crippen LogP contribution in [-0.2, 0) is 9.59 Å². The highest BCUT2D eigenvalue weighted by Crippen LogP contribution is 2.22. The molecule has 2 rings (SSSR count). The Balaban J connectivity index is 2.01. The van der Waals surface area contributed by atoms with Gasteiger partial charge in [0.1, 0.15) is 0 Å². The van der Waals surface area contributed by atoms with Crippen LogP contribution < -0.4 is 10.4 Å². The van der Waals surface area contributed by atoms with Gasteiger partial charge in [0.25, 0.3) is 0 Å². The summed E-state index contributed by atoms with van der Waals surface area (Å²) >= 11 is 6.94. The van der Waals surface area contributed by atoms with E-state index in [1.807, 2.05) is 6.07 Å². The van der Waals surface area contributed by atoms with Gasteiger partial charge in [0.15, 0.2) is 5.17 Å². The van der Waals surface area contributed by atoms with Crippen molar-refractivity contribution in [2.75, 3.05) is 0 Å². The van der Waals surface area contributed by atoms with Gasteiger partial charge in [0.2, 0.25) is 5.91 Å². The van der Waals surface area contributed by atoms with Crippen molar-refractivity contribution in [1.29, 1.82) is 0 Å². The largest absolute Gasteiger partial charge is 0.550 e. The van der Waals surface area contributed by atoms with Crippen molar-refractivity contribution < 1.29 is 14.7 Å². The third-order valence-corrected chi connectivity index (χ3v) is 3.80. The maximum atomic E-state index is 11.4. The van der Waals surface area contributed by atoms with Gasteiger partial charge in [-0.15, -0.1) is 5.10 Å². The normalized spacial score (nSPS) is 20.6. The molecule has 104 valence electrons. The smallest absolute Gasteiger partial charge is 0.239 e. The van der Waals surface area contributed by atoms with Gasteiger partial charge in [-0.2, -0.15) is 5.10 Å². The van der Waals surface area contributed by atoms with Crippen molar-refractivity contribution in [3.8, 4) is 0 Å². The molecule has 1 aromatic rings. The second-order valence-corrected chi connectivity index (χ2v) is 5.44. The van der Waals surface area contributed by atoms with Gasteiger partial charge in [-0.25, -0.2) is 0 Å². The van der Waals surface area contributed by atoms with E-state index in [0.29, 0.717) is 10.6 Å². The summed E-state index contributed by atoms with van der Waals surface area (Å²) in [4.78, 5) is 21.9. The Morgan fingerprint density at radius 3 is 2.95 bits per heavy atom. The summed E-state index contributed by atoms with van der Waals surface area (Å²) in [6, 6.07) is 7.09. The van der Waals surface area contributed by atoms with Crippen molar-refractivity contribution in [2.45, 2.75) is 11.7 Å². The molecular formula is C12H9ClN3O3S-. The van der Waals surface area contributed by atoms with E-state index in [4.69, 9.17) is 11.6 Å². The van der Waals surface area contributed by atoms with E-state index in [1.165, 1.54) is 6.21 Å². The third kappa shape index (κ3) is 3.82. The zero-order valence-electron chi connectivity index (χ0n) is 10.1. The van der Waals surface area contributed by atoms with Crippen LogP contribution in [0.4, 0.5) is 0 Å². The Bertz CT molecular complexity index is 603. The molecule has 1 heterocycles. The first-order valence-electron chi connectivity index (χ1n) is 5.59. The van der Waals surface area contributed by atoms with Crippen LogP contribution in [0.25, 0.3) is 0 Å². The number of hydrogen-bond acceptors (Lipinski definition) is 6. The molecule has 1 saturated heterocycles. The Morgan fingerprint density at radius 1 is 1.50 bits per heavy atom. The number of carboxylic acid groups (broad SMARTS) is 1. The summed E-state index contributed by atoms with van der Waals surface area (Å²) in [5, 5.41) is 20.6. The number of amidine groups is 1. The summed E-state index contributed by atoms with van der Waals surface area (Å²) in [5.74, 6) is -1.69. The van der Waals surface area contributed by atoms with Crippen LogP contribution in [0.2, 0.25) is 5.02 Å². The van der Waals surface area contributed by atoms with Crippen LogP contribution in [0.15, 0.2) is 34.5 Å². The number of amides is 1. The van der Waals surface area contributed by atoms with Crippen LogP contribution in [0.1, 0.15) is 12.0 Å². The van der Waals surface area contributed by atoms with Crippen molar-refractivity contribution >= 4 is 46.6 Å². The SMILES string of the molecule is O=C([O-])C[C@@H]1S/C(=N\N=C/c2ccccc2Cl)NC1=O. The van der Waals surface area contributed by atoms with Gasteiger partial charge >= 0.3 is 0 Å². The van der Waals surface area contributed by atoms with Gasteiger partial charge in [-0.1, -0.05) is 41.6 Å². The first-order valence-corrected chi connectivity index (χ1v) is 6.85. The second kappa shape index (κ2) is 6.53. The molecule has 20 heavy (non-hydrogen) atoms. The summed E-state index contributed by atoms with van der Waals surface area (Å²) in [6.45, 7) is 0. The monoisotopic (exact) mass is 310 g/mol. The number of benzene rings is 1. The van der Waals surface area contributed by atoms with E-state index in [1.54, 1.807) is 18.2 Å². The molecule has 0 spiro atoms. The number of hydrogen-bond donors (Lipinski definition) is 1. The number of carboxylic acids is 1. The minimum Gasteiger partial charge on any atom is -0.550 e. The Hall–Kier alpha value is -1.86. The van der Waals surface area contributed by atoms with Crippen molar-refractivity contribution in [3.63, 3.8) is 0 Å². The summed E-state index contributed by atoms with van der Waals surface area (Å²) in [6.07, 6.45) is 1.10. The molecule has 1 amide bonds. The fraction of sp³-hybridized carbons (Fsp3) is 0.167. The minimum atomic E-state index is -1.28. The van der Waals surface area contributed by atoms with Crippen LogP contribution in [-0.4, -0.2) is 28.5 Å². The highest BCUT2D eigenvalue weighted by molar-refractivity contribution is 8.15. The predicted octanol–water partition coefficient (Wildman–Crippen LogP) is 0.401. The van der Waals surface area contributed by atoms with E-state index in [0.717, 1.165) is 11.8 Å². The number of nitrogens with zero attached hydrogens (tertiary/aromatic N) is 2. The average Bonchev–Trinajstić information content (AvgIpc) is 2.72. The Morgan fingerprint density at radius 2 is 2.25 bits per heavy atom. The molecule has 0 unspecified atom stereocenters. The Kier molecular flexibility index (Phi) is 4.75. The van der Waals surface area contributed by atoms with E-state index >= 15 is 0 Å². The molecule has 1 aliphatic rings. The third-order valence-electron chi connectivity index (χ3n) is 2.38. The molecular weight excluding hydrogens is 302 g/mol. The standard InChI is InChI=1S/C12H10ClN3O3S/c13-8-4-2-1-3-7(8)6-14-16-12-15-11(19)9(20-12)5-10(17)18/h1-4,6,9H,5H2,(H,17,18)(H,15,16,19)/p-1/b14-6-/t9-/m0/s1. The summed E-state index contributed by atoms with van der Waals surface area (Å²) in [7, 11) is 0. The fourth-order valence-electron chi connectivity index (χ4n) is 1.46. The highest BCUT2D eigenvalue weighted by Gasteiger charge is 2.30. The van der Waals surface area contributed by atoms with Gasteiger partial charge in [0, 0.05) is 23.0 Å². The molecule has 0 bridgehead atoms. The van der Waals surface area contributed by atoms with Gasteiger partial charge in [-0.3, -0.25) is 4.79 Å². The first-order chi connectivity index (χ1) is 9.56. The topological polar surface area (TPSA) is 93.9 Å². The van der Waals surface area contributed by atoms with Crippen LogP contribution in [0.3, 0.4) is 0 Å². The van der Waals surface area contributed by atoms with Crippen LogP contribution in [0.5, 0.6) is 0 Å². The van der Waals surface area contributed by atoms with Crippen molar-refractivity contribution in [1.82, 2.24) is 5.32 Å². The molecule has 0 aromatic heterocycles. The fourth-order valence-corrected chi connectivity index (χ4v) is 2.55. The lowest BCUT2D eigenvalue weighted by Crippen LogP contribution is -2.31. The van der Waals surface area contributed by atoms with Gasteiger partial charge in [0.05, 0.1) is 11.5 Å². The molecule has 1 aliphatic heterocycles. The van der Waals surface area contributed by atoms with Crippen molar-refractivity contribution in [3.05, 3.63) is 34.9 Å². The minimum absolute atomic E-state index is 0.254. The molecule has 8 heteroatoms. The maximum absolute atomic E-state index is 11.4. The van der Waals surface area contributed by atoms with Crippen LogP contribution in [0, 0.1) is 0 Å². The van der Waals surface area contributed by atoms with Gasteiger partial charge < -0.3 is 15.2 Å². The van der Waals surface area contributed by atoms with Crippen LogP contribution >= 0.6 is 23.4 Å². The summed E-state index contributed by atoms with van der Waals surface area (Å²) in [5.41, 5.74) is 0.694. The van der Waals surface area contributed by atoms with E-state index < -0.39 is 17.1 Å². The second-order valence-electron chi connectivity index (χ2n) is 3.84. The van der Waals surface area contributed by atoms with E-state index in [9.17, 15) is 14.7 Å². The molecule has 1 N–H and O–H groups in total.